The molecule has 1 saturated heterocycles. The Hall–Kier alpha value is -2.34. The number of aromatic nitrogens is 3. The molecule has 0 unspecified atom stereocenters. The number of nitrogens with zero attached hydrogens (tertiary/aromatic N) is 4. The summed E-state index contributed by atoms with van der Waals surface area (Å²) in [4.78, 5) is 27.0. The van der Waals surface area contributed by atoms with Gasteiger partial charge in [-0.1, -0.05) is 0 Å². The second kappa shape index (κ2) is 6.19. The second-order valence-electron chi connectivity index (χ2n) is 5.33. The minimum atomic E-state index is -0.213. The highest BCUT2D eigenvalue weighted by molar-refractivity contribution is 5.93. The molecule has 1 aliphatic rings. The summed E-state index contributed by atoms with van der Waals surface area (Å²) in [5.41, 5.74) is 2.33. The summed E-state index contributed by atoms with van der Waals surface area (Å²) in [5, 5.41) is 0. The average Bonchev–Trinajstić information content (AvgIpc) is 2.54. The van der Waals surface area contributed by atoms with Crippen molar-refractivity contribution in [1.82, 2.24) is 19.9 Å². The maximum absolute atomic E-state index is 12.5. The maximum Gasteiger partial charge on any atom is 0.255 e. The van der Waals surface area contributed by atoms with Crippen LogP contribution in [0.1, 0.15) is 33.7 Å². The van der Waals surface area contributed by atoms with Gasteiger partial charge in [0.1, 0.15) is 11.9 Å². The van der Waals surface area contributed by atoms with Crippen molar-refractivity contribution in [2.45, 2.75) is 20.0 Å². The van der Waals surface area contributed by atoms with Gasteiger partial charge in [0.15, 0.2) is 0 Å². The third-order valence-corrected chi connectivity index (χ3v) is 3.58. The summed E-state index contributed by atoms with van der Waals surface area (Å²) < 4.78 is 5.79. The Morgan fingerprint density at radius 1 is 1.36 bits per heavy atom. The molecule has 3 rings (SSSR count). The zero-order chi connectivity index (χ0) is 15.5. The lowest BCUT2D eigenvalue weighted by molar-refractivity contribution is -0.0248. The van der Waals surface area contributed by atoms with Gasteiger partial charge in [-0.3, -0.25) is 9.78 Å². The van der Waals surface area contributed by atoms with Gasteiger partial charge in [0.2, 0.25) is 0 Å². The number of hydrogen-bond acceptors (Lipinski definition) is 5. The van der Waals surface area contributed by atoms with Crippen LogP contribution in [0.3, 0.4) is 0 Å². The fraction of sp³-hybridized carbons (Fsp3) is 0.375. The van der Waals surface area contributed by atoms with Crippen molar-refractivity contribution in [1.29, 1.82) is 0 Å². The highest BCUT2D eigenvalue weighted by atomic mass is 16.5. The monoisotopic (exact) mass is 298 g/mol. The van der Waals surface area contributed by atoms with Crippen LogP contribution in [0.25, 0.3) is 0 Å². The molecule has 0 aromatic carbocycles. The van der Waals surface area contributed by atoms with Crippen LogP contribution in [-0.4, -0.2) is 45.5 Å². The summed E-state index contributed by atoms with van der Waals surface area (Å²) in [7, 11) is 0. The van der Waals surface area contributed by atoms with E-state index in [-0.39, 0.29) is 12.0 Å². The van der Waals surface area contributed by atoms with Gasteiger partial charge in [-0.2, -0.15) is 0 Å². The molecule has 0 N–H and O–H groups in total. The molecule has 6 heteroatoms. The Bertz CT molecular complexity index is 655. The van der Waals surface area contributed by atoms with Crippen LogP contribution >= 0.6 is 0 Å². The topological polar surface area (TPSA) is 68.2 Å². The number of pyridine rings is 1. The normalized spacial score (nSPS) is 18.3. The van der Waals surface area contributed by atoms with Crippen molar-refractivity contribution in [3.05, 3.63) is 53.4 Å². The summed E-state index contributed by atoms with van der Waals surface area (Å²) in [6, 6.07) is 5.46. The van der Waals surface area contributed by atoms with Gasteiger partial charge in [0.05, 0.1) is 24.4 Å². The first-order valence-corrected chi connectivity index (χ1v) is 7.26. The SMILES string of the molecule is Cc1cc([C@H]2CN(C(=O)c3cccnc3)CCO2)nc(C)n1. The molecule has 1 aliphatic heterocycles. The van der Waals surface area contributed by atoms with E-state index in [1.54, 1.807) is 29.4 Å². The van der Waals surface area contributed by atoms with Crippen molar-refractivity contribution < 1.29 is 9.53 Å². The number of rotatable bonds is 2. The first-order valence-electron chi connectivity index (χ1n) is 7.26. The Morgan fingerprint density at radius 3 is 2.95 bits per heavy atom. The van der Waals surface area contributed by atoms with E-state index in [4.69, 9.17) is 4.74 Å². The molecule has 22 heavy (non-hydrogen) atoms. The van der Waals surface area contributed by atoms with Crippen molar-refractivity contribution in [3.63, 3.8) is 0 Å². The van der Waals surface area contributed by atoms with Crippen molar-refractivity contribution >= 4 is 5.91 Å². The molecule has 0 aliphatic carbocycles. The van der Waals surface area contributed by atoms with E-state index in [1.165, 1.54) is 0 Å². The van der Waals surface area contributed by atoms with Crippen molar-refractivity contribution in [2.24, 2.45) is 0 Å². The van der Waals surface area contributed by atoms with Gasteiger partial charge in [-0.05, 0) is 32.0 Å². The molecule has 2 aromatic rings. The second-order valence-corrected chi connectivity index (χ2v) is 5.33. The number of hydrogen-bond donors (Lipinski definition) is 0. The Labute approximate surface area is 129 Å². The highest BCUT2D eigenvalue weighted by Gasteiger charge is 2.27. The van der Waals surface area contributed by atoms with Gasteiger partial charge in [-0.15, -0.1) is 0 Å². The lowest BCUT2D eigenvalue weighted by Crippen LogP contribution is -2.42. The summed E-state index contributed by atoms with van der Waals surface area (Å²) >= 11 is 0. The fourth-order valence-corrected chi connectivity index (χ4v) is 2.60. The number of ether oxygens (including phenoxy) is 1. The molecule has 0 saturated carbocycles. The minimum Gasteiger partial charge on any atom is -0.368 e. The predicted octanol–water partition coefficient (Wildman–Crippen LogP) is 1.70. The zero-order valence-electron chi connectivity index (χ0n) is 12.7. The van der Waals surface area contributed by atoms with Gasteiger partial charge in [0, 0.05) is 24.6 Å². The summed E-state index contributed by atoms with van der Waals surface area (Å²) in [6.45, 7) is 5.35. The lowest BCUT2D eigenvalue weighted by Gasteiger charge is -2.32. The molecule has 1 fully saturated rings. The Kier molecular flexibility index (Phi) is 4.11. The van der Waals surface area contributed by atoms with E-state index in [9.17, 15) is 4.79 Å². The molecular formula is C16H18N4O2. The van der Waals surface area contributed by atoms with E-state index in [2.05, 4.69) is 15.0 Å². The van der Waals surface area contributed by atoms with Crippen LogP contribution in [-0.2, 0) is 4.74 Å². The van der Waals surface area contributed by atoms with E-state index in [1.807, 2.05) is 19.9 Å². The van der Waals surface area contributed by atoms with Crippen molar-refractivity contribution in [2.75, 3.05) is 19.7 Å². The fourth-order valence-electron chi connectivity index (χ4n) is 2.60. The number of carbonyl (C=O) groups is 1. The van der Waals surface area contributed by atoms with Gasteiger partial charge < -0.3 is 9.64 Å². The molecule has 0 spiro atoms. The third kappa shape index (κ3) is 3.12. The van der Waals surface area contributed by atoms with E-state index >= 15 is 0 Å². The van der Waals surface area contributed by atoms with Crippen LogP contribution in [0.2, 0.25) is 0 Å². The van der Waals surface area contributed by atoms with Crippen LogP contribution < -0.4 is 0 Å². The van der Waals surface area contributed by atoms with Gasteiger partial charge in [0.25, 0.3) is 5.91 Å². The lowest BCUT2D eigenvalue weighted by atomic mass is 10.1. The number of morpholine rings is 1. The Morgan fingerprint density at radius 2 is 2.23 bits per heavy atom. The van der Waals surface area contributed by atoms with Crippen LogP contribution in [0.5, 0.6) is 0 Å². The molecule has 0 radical (unpaired) electrons. The van der Waals surface area contributed by atoms with E-state index < -0.39 is 0 Å². The first kappa shape index (κ1) is 14.6. The smallest absolute Gasteiger partial charge is 0.255 e. The highest BCUT2D eigenvalue weighted by Crippen LogP contribution is 2.22. The Balaban J connectivity index is 1.78. The molecule has 6 nitrogen and oxygen atoms in total. The average molecular weight is 298 g/mol. The summed E-state index contributed by atoms with van der Waals surface area (Å²) in [6.07, 6.45) is 3.03. The predicted molar refractivity (Wildman–Crippen MR) is 80.3 cm³/mol. The van der Waals surface area contributed by atoms with Crippen LogP contribution in [0.15, 0.2) is 30.6 Å². The van der Waals surface area contributed by atoms with Gasteiger partial charge >= 0.3 is 0 Å². The number of amides is 1. The molecule has 0 bridgehead atoms. The molecule has 2 aromatic heterocycles. The quantitative estimate of drug-likeness (QED) is 0.844. The maximum atomic E-state index is 12.5. The molecule has 3 heterocycles. The first-order chi connectivity index (χ1) is 10.6. The van der Waals surface area contributed by atoms with Crippen molar-refractivity contribution in [3.8, 4) is 0 Å². The van der Waals surface area contributed by atoms with Gasteiger partial charge in [-0.25, -0.2) is 9.97 Å². The molecule has 1 amide bonds. The third-order valence-electron chi connectivity index (χ3n) is 3.58. The largest absolute Gasteiger partial charge is 0.368 e. The molecule has 114 valence electrons. The molecule has 1 atom stereocenters. The summed E-state index contributed by atoms with van der Waals surface area (Å²) in [5.74, 6) is 0.693. The number of aryl methyl sites for hydroxylation is 2. The minimum absolute atomic E-state index is 0.0242. The van der Waals surface area contributed by atoms with Crippen LogP contribution in [0.4, 0.5) is 0 Å². The molecular weight excluding hydrogens is 280 g/mol. The van der Waals surface area contributed by atoms with E-state index in [0.29, 0.717) is 31.1 Å². The number of carbonyl (C=O) groups excluding carboxylic acids is 1. The zero-order valence-corrected chi connectivity index (χ0v) is 12.7. The van der Waals surface area contributed by atoms with Crippen LogP contribution in [0, 0.1) is 13.8 Å². The standard InChI is InChI=1S/C16H18N4O2/c1-11-8-14(19-12(2)18-11)15-10-20(6-7-22-15)16(21)13-4-3-5-17-9-13/h3-5,8-9,15H,6-7,10H2,1-2H3/t15-/m1/s1. The van der Waals surface area contributed by atoms with E-state index in [0.717, 1.165) is 11.4 Å².